The van der Waals surface area contributed by atoms with Crippen LogP contribution in [-0.2, 0) is 9.53 Å². The van der Waals surface area contributed by atoms with E-state index in [0.29, 0.717) is 16.5 Å². The van der Waals surface area contributed by atoms with E-state index in [1.807, 2.05) is 0 Å². The number of aromatic nitrogens is 1. The van der Waals surface area contributed by atoms with Crippen LogP contribution in [-0.4, -0.2) is 41.2 Å². The summed E-state index contributed by atoms with van der Waals surface area (Å²) in [5.41, 5.74) is 0.658. The van der Waals surface area contributed by atoms with Gasteiger partial charge >= 0.3 is 5.97 Å². The maximum Gasteiger partial charge on any atom is 0.328 e. The van der Waals surface area contributed by atoms with Crippen molar-refractivity contribution < 1.29 is 19.4 Å². The molecule has 7 heteroatoms. The number of aliphatic carboxylic acids is 1. The van der Waals surface area contributed by atoms with Crippen molar-refractivity contribution in [3.8, 4) is 0 Å². The van der Waals surface area contributed by atoms with Gasteiger partial charge in [0.25, 0.3) is 5.91 Å². The third kappa shape index (κ3) is 4.62. The molecule has 2 N–H and O–H groups in total. The van der Waals surface area contributed by atoms with Crippen LogP contribution in [0.4, 0.5) is 0 Å². The molecule has 1 unspecified atom stereocenters. The number of carbonyl (C=O) groups is 2. The number of hydrogen-bond donors (Lipinski definition) is 2. The number of amides is 1. The van der Waals surface area contributed by atoms with Crippen molar-refractivity contribution in [1.82, 2.24) is 10.3 Å². The van der Waals surface area contributed by atoms with Crippen LogP contribution in [0.5, 0.6) is 0 Å². The molecule has 1 fully saturated rings. The SMILES string of the molecule is C=CCOCC(NC(=O)c1sc(C2CCCC2)nc1C)C(=O)O. The van der Waals surface area contributed by atoms with E-state index in [-0.39, 0.29) is 13.2 Å². The summed E-state index contributed by atoms with van der Waals surface area (Å²) in [5, 5.41) is 12.7. The Hall–Kier alpha value is -1.73. The van der Waals surface area contributed by atoms with Crippen molar-refractivity contribution in [2.75, 3.05) is 13.2 Å². The highest BCUT2D eigenvalue weighted by Crippen LogP contribution is 2.37. The van der Waals surface area contributed by atoms with Gasteiger partial charge in [0.1, 0.15) is 4.88 Å². The first-order valence-corrected chi connectivity index (χ1v) is 8.54. The lowest BCUT2D eigenvalue weighted by atomic mass is 10.1. The summed E-state index contributed by atoms with van der Waals surface area (Å²) < 4.78 is 5.13. The highest BCUT2D eigenvalue weighted by Gasteiger charge is 2.26. The van der Waals surface area contributed by atoms with Gasteiger partial charge < -0.3 is 15.2 Å². The van der Waals surface area contributed by atoms with Crippen LogP contribution in [0.3, 0.4) is 0 Å². The highest BCUT2D eigenvalue weighted by molar-refractivity contribution is 7.13. The van der Waals surface area contributed by atoms with Crippen LogP contribution in [0.25, 0.3) is 0 Å². The van der Waals surface area contributed by atoms with Crippen LogP contribution in [0.2, 0.25) is 0 Å². The zero-order chi connectivity index (χ0) is 16.8. The van der Waals surface area contributed by atoms with Crippen molar-refractivity contribution in [3.63, 3.8) is 0 Å². The van der Waals surface area contributed by atoms with E-state index in [0.717, 1.165) is 17.8 Å². The second-order valence-corrected chi connectivity index (χ2v) is 6.67. The molecular formula is C16H22N2O4S. The van der Waals surface area contributed by atoms with Crippen molar-refractivity contribution in [1.29, 1.82) is 0 Å². The van der Waals surface area contributed by atoms with Crippen molar-refractivity contribution in [2.24, 2.45) is 0 Å². The van der Waals surface area contributed by atoms with Crippen molar-refractivity contribution in [3.05, 3.63) is 28.2 Å². The number of nitrogens with zero attached hydrogens (tertiary/aromatic N) is 1. The minimum Gasteiger partial charge on any atom is -0.480 e. The Balaban J connectivity index is 2.03. The van der Waals surface area contributed by atoms with Crippen LogP contribution >= 0.6 is 11.3 Å². The van der Waals surface area contributed by atoms with E-state index in [9.17, 15) is 14.7 Å². The minimum atomic E-state index is -1.12. The first kappa shape index (κ1) is 17.6. The van der Waals surface area contributed by atoms with E-state index in [1.54, 1.807) is 6.92 Å². The summed E-state index contributed by atoms with van der Waals surface area (Å²) in [5.74, 6) is -1.09. The van der Waals surface area contributed by atoms with Gasteiger partial charge in [0, 0.05) is 5.92 Å². The fraction of sp³-hybridized carbons (Fsp3) is 0.562. The molecule has 1 saturated carbocycles. The molecule has 2 rings (SSSR count). The molecule has 1 aromatic heterocycles. The average molecular weight is 338 g/mol. The molecule has 23 heavy (non-hydrogen) atoms. The topological polar surface area (TPSA) is 88.5 Å². The number of carboxylic acid groups (broad SMARTS) is 1. The van der Waals surface area contributed by atoms with Gasteiger partial charge in [-0.25, -0.2) is 9.78 Å². The predicted octanol–water partition coefficient (Wildman–Crippen LogP) is 2.49. The number of carboxylic acids is 1. The molecule has 1 aliphatic rings. The van der Waals surface area contributed by atoms with E-state index in [4.69, 9.17) is 4.74 Å². The Morgan fingerprint density at radius 1 is 1.52 bits per heavy atom. The van der Waals surface area contributed by atoms with Crippen LogP contribution in [0.1, 0.15) is 52.0 Å². The summed E-state index contributed by atoms with van der Waals surface area (Å²) in [6, 6.07) is -1.08. The van der Waals surface area contributed by atoms with E-state index >= 15 is 0 Å². The third-order valence-electron chi connectivity index (χ3n) is 3.85. The van der Waals surface area contributed by atoms with Gasteiger partial charge in [-0.3, -0.25) is 4.79 Å². The monoisotopic (exact) mass is 338 g/mol. The van der Waals surface area contributed by atoms with Crippen molar-refractivity contribution >= 4 is 23.2 Å². The molecule has 126 valence electrons. The van der Waals surface area contributed by atoms with Gasteiger partial charge in [-0.1, -0.05) is 18.9 Å². The molecular weight excluding hydrogens is 316 g/mol. The number of ether oxygens (including phenoxy) is 1. The smallest absolute Gasteiger partial charge is 0.328 e. The largest absolute Gasteiger partial charge is 0.480 e. The van der Waals surface area contributed by atoms with Gasteiger partial charge in [0.15, 0.2) is 6.04 Å². The number of carbonyl (C=O) groups excluding carboxylic acids is 1. The number of aryl methyl sites for hydroxylation is 1. The van der Waals surface area contributed by atoms with E-state index < -0.39 is 17.9 Å². The minimum absolute atomic E-state index is 0.0968. The Labute approximate surface area is 139 Å². The predicted molar refractivity (Wildman–Crippen MR) is 88.0 cm³/mol. The van der Waals surface area contributed by atoms with Crippen LogP contribution in [0, 0.1) is 6.92 Å². The summed E-state index contributed by atoms with van der Waals surface area (Å²) >= 11 is 1.37. The molecule has 0 bridgehead atoms. The van der Waals surface area contributed by atoms with Crippen molar-refractivity contribution in [2.45, 2.75) is 44.6 Å². The summed E-state index contributed by atoms with van der Waals surface area (Å²) in [6.45, 7) is 5.43. The molecule has 1 heterocycles. The molecule has 0 radical (unpaired) electrons. The number of rotatable bonds is 8. The molecule has 1 atom stereocenters. The quantitative estimate of drug-likeness (QED) is 0.561. The maximum absolute atomic E-state index is 12.4. The standard InChI is InChI=1S/C16H22N2O4S/c1-3-8-22-9-12(16(20)21)18-14(19)13-10(2)17-15(23-13)11-6-4-5-7-11/h3,11-12H,1,4-9H2,2H3,(H,18,19)(H,20,21). The molecule has 0 saturated heterocycles. The molecule has 0 aliphatic heterocycles. The maximum atomic E-state index is 12.4. The lowest BCUT2D eigenvalue weighted by Gasteiger charge is -2.13. The van der Waals surface area contributed by atoms with Gasteiger partial charge in [-0.15, -0.1) is 17.9 Å². The van der Waals surface area contributed by atoms with Gasteiger partial charge in [0.2, 0.25) is 0 Å². The number of thiazole rings is 1. The second-order valence-electron chi connectivity index (χ2n) is 5.64. The molecule has 0 aromatic carbocycles. The molecule has 0 spiro atoms. The van der Waals surface area contributed by atoms with E-state index in [2.05, 4.69) is 16.9 Å². The lowest BCUT2D eigenvalue weighted by Crippen LogP contribution is -2.44. The fourth-order valence-electron chi connectivity index (χ4n) is 2.64. The molecule has 1 aromatic rings. The first-order valence-electron chi connectivity index (χ1n) is 7.72. The fourth-order valence-corrected chi connectivity index (χ4v) is 3.78. The summed E-state index contributed by atoms with van der Waals surface area (Å²) in [4.78, 5) is 28.6. The Morgan fingerprint density at radius 3 is 2.83 bits per heavy atom. The molecule has 1 aliphatic carbocycles. The van der Waals surface area contributed by atoms with E-state index in [1.165, 1.54) is 30.3 Å². The Bertz CT molecular complexity index is 579. The Kier molecular flexibility index (Phi) is 6.29. The zero-order valence-corrected chi connectivity index (χ0v) is 14.0. The van der Waals surface area contributed by atoms with Gasteiger partial charge in [-0.05, 0) is 19.8 Å². The van der Waals surface area contributed by atoms with Gasteiger partial charge in [0.05, 0.1) is 23.9 Å². The summed E-state index contributed by atoms with van der Waals surface area (Å²) in [7, 11) is 0. The highest BCUT2D eigenvalue weighted by atomic mass is 32.1. The second kappa shape index (κ2) is 8.21. The van der Waals surface area contributed by atoms with Crippen LogP contribution < -0.4 is 5.32 Å². The molecule has 1 amide bonds. The normalized spacial score (nSPS) is 16.2. The Morgan fingerprint density at radius 2 is 2.22 bits per heavy atom. The zero-order valence-electron chi connectivity index (χ0n) is 13.2. The van der Waals surface area contributed by atoms with Crippen LogP contribution in [0.15, 0.2) is 12.7 Å². The number of nitrogens with one attached hydrogen (secondary N) is 1. The van der Waals surface area contributed by atoms with Gasteiger partial charge in [-0.2, -0.15) is 0 Å². The lowest BCUT2D eigenvalue weighted by molar-refractivity contribution is -0.140. The third-order valence-corrected chi connectivity index (χ3v) is 5.17. The molecule has 6 nitrogen and oxygen atoms in total. The first-order chi connectivity index (χ1) is 11.0. The summed E-state index contributed by atoms with van der Waals surface area (Å²) in [6.07, 6.45) is 6.16. The number of hydrogen-bond acceptors (Lipinski definition) is 5. The average Bonchev–Trinajstić information content (AvgIpc) is 3.15.